The molecule has 16 heavy (non-hydrogen) atoms. The Morgan fingerprint density at radius 3 is 2.38 bits per heavy atom. The van der Waals surface area contributed by atoms with Gasteiger partial charge < -0.3 is 0 Å². The van der Waals surface area contributed by atoms with Crippen LogP contribution in [-0.2, 0) is 0 Å². The molecule has 0 aliphatic heterocycles. The van der Waals surface area contributed by atoms with Gasteiger partial charge in [0.2, 0.25) is 0 Å². The fourth-order valence-electron chi connectivity index (χ4n) is 1.30. The van der Waals surface area contributed by atoms with Crippen LogP contribution in [0.15, 0.2) is 18.2 Å². The Bertz CT molecular complexity index is 320. The summed E-state index contributed by atoms with van der Waals surface area (Å²) in [5.41, 5.74) is 2.09. The second-order valence-corrected chi connectivity index (χ2v) is 5.49. The number of hydrogen-bond acceptors (Lipinski definition) is 1. The van der Waals surface area contributed by atoms with E-state index in [2.05, 4.69) is 33.9 Å². The van der Waals surface area contributed by atoms with Crippen molar-refractivity contribution >= 4 is 55.4 Å². The van der Waals surface area contributed by atoms with Gasteiger partial charge in [0.1, 0.15) is 0 Å². The summed E-state index contributed by atoms with van der Waals surface area (Å²) < 4.78 is 0.771. The van der Waals surface area contributed by atoms with Gasteiger partial charge in [-0.3, -0.25) is 0 Å². The van der Waals surface area contributed by atoms with Crippen LogP contribution in [0.4, 0.5) is 0 Å². The molecule has 4 heteroatoms. The number of benzene rings is 1. The summed E-state index contributed by atoms with van der Waals surface area (Å²) in [5, 5.41) is 2.07. The first kappa shape index (κ1) is 16.6. The Morgan fingerprint density at radius 2 is 2.12 bits per heavy atom. The van der Waals surface area contributed by atoms with E-state index in [0.29, 0.717) is 0 Å². The van der Waals surface area contributed by atoms with Crippen molar-refractivity contribution in [1.82, 2.24) is 0 Å². The predicted octanol–water partition coefficient (Wildman–Crippen LogP) is 4.57. The number of halogens is 1. The molecule has 0 aliphatic rings. The summed E-state index contributed by atoms with van der Waals surface area (Å²) in [6.45, 7) is 4.21. The van der Waals surface area contributed by atoms with Crippen LogP contribution in [0.25, 0.3) is 0 Å². The van der Waals surface area contributed by atoms with E-state index < -0.39 is 0 Å². The van der Waals surface area contributed by atoms with Crippen molar-refractivity contribution in [2.24, 2.45) is 0 Å². The molecule has 0 radical (unpaired) electrons. The number of rotatable bonds is 3. The molecule has 0 aliphatic carbocycles. The maximum atomic E-state index is 5.92. The molecular weight excluding hydrogens is 250 g/mol. The van der Waals surface area contributed by atoms with E-state index in [-0.39, 0.29) is 0 Å². The number of hydrogen-bond donors (Lipinski definition) is 0. The van der Waals surface area contributed by atoms with Crippen molar-refractivity contribution in [1.29, 1.82) is 0 Å². The summed E-state index contributed by atoms with van der Waals surface area (Å²) in [6, 6.07) is 5.77. The molecule has 0 N–H and O–H groups in total. The van der Waals surface area contributed by atoms with Gasteiger partial charge in [0, 0.05) is 15.2 Å². The summed E-state index contributed by atoms with van der Waals surface area (Å²) in [6.07, 6.45) is 2.73. The van der Waals surface area contributed by atoms with Crippen LogP contribution < -0.4 is 0 Å². The van der Waals surface area contributed by atoms with Crippen LogP contribution >= 0.6 is 33.1 Å². The van der Waals surface area contributed by atoms with Crippen molar-refractivity contribution in [3.8, 4) is 0 Å². The summed E-state index contributed by atoms with van der Waals surface area (Å²) in [7, 11) is 2.49. The van der Waals surface area contributed by atoms with Crippen LogP contribution in [0.2, 0.25) is 10.1 Å². The Hall–Kier alpha value is 0.627. The van der Waals surface area contributed by atoms with Crippen LogP contribution in [0.1, 0.15) is 30.9 Å². The van der Waals surface area contributed by atoms with Gasteiger partial charge in [0.25, 0.3) is 0 Å². The van der Waals surface area contributed by atoms with Crippen molar-refractivity contribution in [3.05, 3.63) is 34.3 Å². The fourth-order valence-corrected chi connectivity index (χ4v) is 2.42. The third-order valence-electron chi connectivity index (χ3n) is 2.18. The van der Waals surface area contributed by atoms with E-state index >= 15 is 0 Å². The first-order valence-electron chi connectivity index (χ1n) is 5.59. The van der Waals surface area contributed by atoms with Crippen molar-refractivity contribution < 1.29 is 0 Å². The normalized spacial score (nSPS) is 9.38. The molecule has 1 atom stereocenters. The molecule has 0 fully saturated rings. The van der Waals surface area contributed by atoms with E-state index in [4.69, 9.17) is 23.8 Å². The van der Waals surface area contributed by atoms with E-state index in [0.717, 1.165) is 20.8 Å². The Balaban J connectivity index is 0.000000385. The third-order valence-corrected chi connectivity index (χ3v) is 2.98. The quantitative estimate of drug-likeness (QED) is 0.439. The molecule has 1 aromatic rings. The van der Waals surface area contributed by atoms with Gasteiger partial charge in [-0.05, 0) is 18.6 Å². The average molecular weight is 267 g/mol. The molecule has 84 valence electrons. The minimum atomic E-state index is 0.727. The molecule has 0 saturated heterocycles. The van der Waals surface area contributed by atoms with Gasteiger partial charge in [-0.1, -0.05) is 45.2 Å². The summed E-state index contributed by atoms with van der Waals surface area (Å²) >= 11 is 13.2. The van der Waals surface area contributed by atoms with Crippen molar-refractivity contribution in [2.45, 2.75) is 31.8 Å². The molecule has 1 unspecified atom stereocenters. The van der Waals surface area contributed by atoms with Gasteiger partial charge >= 0.3 is 42.6 Å². The van der Waals surface area contributed by atoms with Crippen LogP contribution in [0, 0.1) is 6.92 Å². The first-order valence-corrected chi connectivity index (χ1v) is 6.95. The molecule has 0 heterocycles. The molecule has 0 nitrogen and oxygen atoms in total. The Labute approximate surface area is 121 Å². The second-order valence-electron chi connectivity index (χ2n) is 3.65. The van der Waals surface area contributed by atoms with Crippen molar-refractivity contribution in [3.63, 3.8) is 0 Å². The number of unbranched alkanes of at least 4 members (excludes halogenated alkanes) is 1. The molecule has 0 aromatic heterocycles. The SMILES string of the molecule is Cc1cccc(Cl)c1C(P)=S.[Li][CH2]CCC. The summed E-state index contributed by atoms with van der Waals surface area (Å²) in [5.74, 6) is 0. The first-order chi connectivity index (χ1) is 7.54. The fraction of sp³-hybridized carbons (Fsp3) is 0.417. The van der Waals surface area contributed by atoms with Crippen LogP contribution in [-0.4, -0.2) is 22.3 Å². The summed E-state index contributed by atoms with van der Waals surface area (Å²) in [4.78, 5) is 0. The molecule has 1 rings (SSSR count). The molecular formula is C12H17ClLiPS. The number of thiocarbonyl (C=S) groups is 1. The van der Waals surface area contributed by atoms with Gasteiger partial charge in [0.05, 0.1) is 0 Å². The average Bonchev–Trinajstić information content (AvgIpc) is 2.19. The monoisotopic (exact) mass is 266 g/mol. The Kier molecular flexibility index (Phi) is 10.0. The zero-order valence-electron chi connectivity index (χ0n) is 10.2. The standard InChI is InChI=1S/C8H8ClPS.C4H9.Li/c1-5-3-2-4-6(9)7(5)8(10)11;1-3-4-2;/h2-4H,10H2,1H3;1,3-4H2,2H3;. The van der Waals surface area contributed by atoms with E-state index in [1.165, 1.54) is 17.9 Å². The minimum absolute atomic E-state index is 0.727. The van der Waals surface area contributed by atoms with E-state index in [1.807, 2.05) is 25.1 Å². The predicted molar refractivity (Wildman–Crippen MR) is 83.1 cm³/mol. The molecule has 0 spiro atoms. The molecule has 0 bridgehead atoms. The molecule has 0 saturated carbocycles. The van der Waals surface area contributed by atoms with Crippen molar-refractivity contribution in [2.75, 3.05) is 0 Å². The maximum absolute atomic E-state index is 5.92. The third kappa shape index (κ3) is 6.38. The number of aryl methyl sites for hydroxylation is 1. The Morgan fingerprint density at radius 1 is 1.50 bits per heavy atom. The van der Waals surface area contributed by atoms with Crippen LogP contribution in [0.3, 0.4) is 0 Å². The molecule has 1 aromatic carbocycles. The zero-order chi connectivity index (χ0) is 12.6. The topological polar surface area (TPSA) is 0 Å². The zero-order valence-corrected chi connectivity index (χ0v) is 12.9. The van der Waals surface area contributed by atoms with Gasteiger partial charge in [-0.25, -0.2) is 0 Å². The second kappa shape index (κ2) is 9.64. The van der Waals surface area contributed by atoms with Gasteiger partial charge in [0.15, 0.2) is 0 Å². The van der Waals surface area contributed by atoms with Crippen LogP contribution in [0.5, 0.6) is 0 Å². The van der Waals surface area contributed by atoms with E-state index in [1.54, 1.807) is 0 Å². The van der Waals surface area contributed by atoms with E-state index in [9.17, 15) is 0 Å². The van der Waals surface area contributed by atoms with Gasteiger partial charge in [-0.15, -0.1) is 0 Å². The molecule has 0 amide bonds. The van der Waals surface area contributed by atoms with Gasteiger partial charge in [-0.2, -0.15) is 0 Å².